The van der Waals surface area contributed by atoms with E-state index in [2.05, 4.69) is 5.32 Å². The van der Waals surface area contributed by atoms with Crippen LogP contribution >= 0.6 is 23.2 Å². The van der Waals surface area contributed by atoms with Gasteiger partial charge in [-0.2, -0.15) is 0 Å². The van der Waals surface area contributed by atoms with Crippen molar-refractivity contribution in [1.82, 2.24) is 10.2 Å². The molecule has 0 bridgehead atoms. The fourth-order valence-corrected chi connectivity index (χ4v) is 4.52. The highest BCUT2D eigenvalue weighted by molar-refractivity contribution is 6.40. The first-order valence-corrected chi connectivity index (χ1v) is 10.6. The molecule has 0 unspecified atom stereocenters. The first-order valence-electron chi connectivity index (χ1n) is 9.80. The highest BCUT2D eigenvalue weighted by Gasteiger charge is 2.29. The second kappa shape index (κ2) is 8.82. The fraction of sp³-hybridized carbons (Fsp3) is 0.227. The molecular weight excluding hydrogens is 457 g/mol. The molecule has 2 aromatic carbocycles. The van der Waals surface area contributed by atoms with Crippen molar-refractivity contribution in [3.8, 4) is 0 Å². The molecule has 0 fully saturated rings. The Bertz CT molecular complexity index is 1240. The summed E-state index contributed by atoms with van der Waals surface area (Å²) in [4.78, 5) is 38.5. The van der Waals surface area contributed by atoms with Gasteiger partial charge in [0.25, 0.3) is 11.8 Å². The summed E-state index contributed by atoms with van der Waals surface area (Å²) < 4.78 is 5.38. The van der Waals surface area contributed by atoms with Crippen molar-refractivity contribution >= 4 is 52.0 Å². The molecule has 32 heavy (non-hydrogen) atoms. The van der Waals surface area contributed by atoms with Crippen molar-refractivity contribution in [3.63, 3.8) is 0 Å². The molecule has 10 heteroatoms. The van der Waals surface area contributed by atoms with Crippen molar-refractivity contribution in [2.24, 2.45) is 5.73 Å². The van der Waals surface area contributed by atoms with E-state index < -0.39 is 17.9 Å². The van der Waals surface area contributed by atoms with E-state index in [1.54, 1.807) is 29.4 Å². The Morgan fingerprint density at radius 2 is 2.00 bits per heavy atom. The second-order valence-electron chi connectivity index (χ2n) is 7.43. The maximum atomic E-state index is 13.0. The number of furan rings is 1. The Kier molecular flexibility index (Phi) is 6.10. The summed E-state index contributed by atoms with van der Waals surface area (Å²) in [5.74, 6) is -2.13. The summed E-state index contributed by atoms with van der Waals surface area (Å²) >= 11 is 12.8. The van der Waals surface area contributed by atoms with Crippen molar-refractivity contribution in [2.45, 2.75) is 19.0 Å². The molecule has 0 aliphatic carbocycles. The van der Waals surface area contributed by atoms with Gasteiger partial charge in [-0.05, 0) is 41.8 Å². The SMILES string of the molecule is NC[C@H](NC(=O)c1c(Cl)cc2c(c1Cl)CCN(C(=O)c1ccc3ccoc3c1)C2)C(=O)O. The minimum absolute atomic E-state index is 0.00479. The molecule has 1 aromatic heterocycles. The monoisotopic (exact) mass is 475 g/mol. The molecule has 1 aliphatic heterocycles. The topological polar surface area (TPSA) is 126 Å². The van der Waals surface area contributed by atoms with Crippen molar-refractivity contribution in [2.75, 3.05) is 13.1 Å². The predicted octanol–water partition coefficient (Wildman–Crippen LogP) is 3.08. The van der Waals surface area contributed by atoms with Gasteiger partial charge in [0.2, 0.25) is 0 Å². The number of nitrogens with one attached hydrogen (secondary N) is 1. The van der Waals surface area contributed by atoms with Crippen LogP contribution in [0.5, 0.6) is 0 Å². The fourth-order valence-electron chi connectivity index (χ4n) is 3.76. The lowest BCUT2D eigenvalue weighted by Crippen LogP contribution is -2.46. The average Bonchev–Trinajstić information content (AvgIpc) is 3.24. The van der Waals surface area contributed by atoms with E-state index in [1.165, 1.54) is 0 Å². The lowest BCUT2D eigenvalue weighted by atomic mass is 9.96. The standard InChI is InChI=1S/C22H19Cl2N3O5/c23-15-7-13-10-27(21(29)12-2-1-11-4-6-32-17(11)8-12)5-3-14(13)19(24)18(15)20(28)26-16(9-25)22(30)31/h1-2,4,6-8,16H,3,5,9-10,25H2,(H,26,28)(H,30,31)/t16-/m0/s1. The molecule has 3 aromatic rings. The zero-order valence-corrected chi connectivity index (χ0v) is 18.2. The number of carbonyl (C=O) groups is 3. The molecule has 2 amide bonds. The maximum Gasteiger partial charge on any atom is 0.327 e. The van der Waals surface area contributed by atoms with E-state index in [9.17, 15) is 14.4 Å². The summed E-state index contributed by atoms with van der Waals surface area (Å²) in [6, 6.07) is 7.44. The average molecular weight is 476 g/mol. The number of nitrogens with two attached hydrogens (primary N) is 1. The minimum Gasteiger partial charge on any atom is -0.480 e. The molecule has 0 spiro atoms. The van der Waals surface area contributed by atoms with Gasteiger partial charge in [0.15, 0.2) is 0 Å². The van der Waals surface area contributed by atoms with Gasteiger partial charge >= 0.3 is 5.97 Å². The lowest BCUT2D eigenvalue weighted by molar-refractivity contribution is -0.138. The zero-order valence-electron chi connectivity index (χ0n) is 16.7. The molecule has 0 saturated heterocycles. The number of carboxylic acids is 1. The number of carbonyl (C=O) groups excluding carboxylic acids is 2. The Hall–Kier alpha value is -3.07. The van der Waals surface area contributed by atoms with Gasteiger partial charge in [0.1, 0.15) is 11.6 Å². The van der Waals surface area contributed by atoms with E-state index in [-0.39, 0.29) is 34.6 Å². The van der Waals surface area contributed by atoms with Crippen molar-refractivity contribution in [1.29, 1.82) is 0 Å². The van der Waals surface area contributed by atoms with Gasteiger partial charge in [0.05, 0.1) is 21.9 Å². The smallest absolute Gasteiger partial charge is 0.327 e. The Balaban J connectivity index is 1.58. The lowest BCUT2D eigenvalue weighted by Gasteiger charge is -2.30. The summed E-state index contributed by atoms with van der Waals surface area (Å²) in [5.41, 5.74) is 7.96. The summed E-state index contributed by atoms with van der Waals surface area (Å²) in [6.07, 6.45) is 1.99. The summed E-state index contributed by atoms with van der Waals surface area (Å²) in [5, 5.41) is 12.6. The third kappa shape index (κ3) is 4.04. The largest absolute Gasteiger partial charge is 0.480 e. The number of nitrogens with zero attached hydrogens (tertiary/aromatic N) is 1. The first-order chi connectivity index (χ1) is 15.3. The van der Waals surface area contributed by atoms with Crippen LogP contribution in [0.2, 0.25) is 10.0 Å². The van der Waals surface area contributed by atoms with E-state index in [0.29, 0.717) is 29.7 Å². The molecular formula is C22H19Cl2N3O5. The summed E-state index contributed by atoms with van der Waals surface area (Å²) in [7, 11) is 0. The highest BCUT2D eigenvalue weighted by atomic mass is 35.5. The number of hydrogen-bond acceptors (Lipinski definition) is 5. The Morgan fingerprint density at radius 3 is 2.72 bits per heavy atom. The van der Waals surface area contributed by atoms with E-state index in [1.807, 2.05) is 12.1 Å². The number of fused-ring (bicyclic) bond motifs is 2. The molecule has 0 radical (unpaired) electrons. The number of rotatable bonds is 5. The molecule has 1 atom stereocenters. The van der Waals surface area contributed by atoms with Gasteiger partial charge in [-0.15, -0.1) is 0 Å². The third-order valence-corrected chi connectivity index (χ3v) is 6.18. The number of carboxylic acid groups (broad SMARTS) is 1. The molecule has 8 nitrogen and oxygen atoms in total. The molecule has 1 aliphatic rings. The molecule has 0 saturated carbocycles. The van der Waals surface area contributed by atoms with E-state index in [4.69, 9.17) is 38.5 Å². The van der Waals surface area contributed by atoms with Crippen LogP contribution in [0.1, 0.15) is 31.8 Å². The van der Waals surface area contributed by atoms with Crippen LogP contribution in [-0.4, -0.2) is 46.9 Å². The molecule has 166 valence electrons. The number of amides is 2. The Labute approximate surface area is 192 Å². The minimum atomic E-state index is -1.26. The quantitative estimate of drug-likeness (QED) is 0.520. The number of hydrogen-bond donors (Lipinski definition) is 3. The van der Waals surface area contributed by atoms with Crippen LogP contribution in [0.4, 0.5) is 0 Å². The van der Waals surface area contributed by atoms with Crippen LogP contribution in [0.25, 0.3) is 11.0 Å². The number of benzene rings is 2. The highest BCUT2D eigenvalue weighted by Crippen LogP contribution is 2.35. The summed E-state index contributed by atoms with van der Waals surface area (Å²) in [6.45, 7) is 0.388. The van der Waals surface area contributed by atoms with Gasteiger partial charge in [-0.1, -0.05) is 29.3 Å². The Morgan fingerprint density at radius 1 is 1.22 bits per heavy atom. The number of aliphatic carboxylic acids is 1. The van der Waals surface area contributed by atoms with Crippen LogP contribution in [0.15, 0.2) is 41.0 Å². The van der Waals surface area contributed by atoms with Crippen LogP contribution < -0.4 is 11.1 Å². The van der Waals surface area contributed by atoms with Gasteiger partial charge < -0.3 is 25.5 Å². The zero-order chi connectivity index (χ0) is 23.0. The molecule has 2 heterocycles. The predicted molar refractivity (Wildman–Crippen MR) is 119 cm³/mol. The van der Waals surface area contributed by atoms with Crippen LogP contribution in [-0.2, 0) is 17.8 Å². The van der Waals surface area contributed by atoms with Gasteiger partial charge in [0, 0.05) is 30.6 Å². The van der Waals surface area contributed by atoms with E-state index in [0.717, 1.165) is 10.9 Å². The normalized spacial score (nSPS) is 14.2. The first kappa shape index (κ1) is 22.1. The third-order valence-electron chi connectivity index (χ3n) is 5.46. The van der Waals surface area contributed by atoms with Gasteiger partial charge in [-0.25, -0.2) is 4.79 Å². The van der Waals surface area contributed by atoms with Crippen molar-refractivity contribution < 1.29 is 23.9 Å². The van der Waals surface area contributed by atoms with Crippen LogP contribution in [0, 0.1) is 0 Å². The maximum absolute atomic E-state index is 13.0. The van der Waals surface area contributed by atoms with Crippen molar-refractivity contribution in [3.05, 3.63) is 68.9 Å². The number of halogens is 2. The van der Waals surface area contributed by atoms with Crippen LogP contribution in [0.3, 0.4) is 0 Å². The van der Waals surface area contributed by atoms with Gasteiger partial charge in [-0.3, -0.25) is 9.59 Å². The molecule has 4 N–H and O–H groups in total. The van der Waals surface area contributed by atoms with E-state index >= 15 is 0 Å². The molecule has 4 rings (SSSR count). The second-order valence-corrected chi connectivity index (χ2v) is 8.22.